The fourth-order valence-electron chi connectivity index (χ4n) is 2.79. The predicted octanol–water partition coefficient (Wildman–Crippen LogP) is 3.77. The second kappa shape index (κ2) is 9.67. The van der Waals surface area contributed by atoms with E-state index in [1.807, 2.05) is 37.3 Å². The van der Waals surface area contributed by atoms with Crippen LogP contribution in [0.5, 0.6) is 0 Å². The van der Waals surface area contributed by atoms with E-state index in [1.165, 1.54) is 16.4 Å². The number of hydrogen-bond acceptors (Lipinski definition) is 3. The van der Waals surface area contributed by atoms with Crippen molar-refractivity contribution in [3.63, 3.8) is 0 Å². The number of carbonyl (C=O) groups excluding carboxylic acids is 1. The van der Waals surface area contributed by atoms with Gasteiger partial charge >= 0.3 is 0 Å². The van der Waals surface area contributed by atoms with Gasteiger partial charge in [-0.1, -0.05) is 50.6 Å². The first-order chi connectivity index (χ1) is 12.9. The van der Waals surface area contributed by atoms with E-state index in [0.29, 0.717) is 25.2 Å². The maximum Gasteiger partial charge on any atom is 0.253 e. The first-order valence-corrected chi connectivity index (χ1v) is 10.7. The monoisotopic (exact) mass is 388 g/mol. The predicted molar refractivity (Wildman–Crippen MR) is 108 cm³/mol. The van der Waals surface area contributed by atoms with Gasteiger partial charge in [0.1, 0.15) is 0 Å². The topological polar surface area (TPSA) is 57.7 Å². The number of rotatable bonds is 9. The molecule has 0 saturated heterocycles. The lowest BCUT2D eigenvalue weighted by atomic mass is 10.2. The SMILES string of the molecule is CCCCN(C)C(=O)c1ccc(S(=O)(=O)N(CC)Cc2ccccc2)cc1. The van der Waals surface area contributed by atoms with Crippen molar-refractivity contribution in [2.75, 3.05) is 20.1 Å². The van der Waals surface area contributed by atoms with Crippen molar-refractivity contribution < 1.29 is 13.2 Å². The molecule has 0 heterocycles. The van der Waals surface area contributed by atoms with Crippen molar-refractivity contribution in [1.82, 2.24) is 9.21 Å². The van der Waals surface area contributed by atoms with Crippen molar-refractivity contribution in [2.45, 2.75) is 38.1 Å². The van der Waals surface area contributed by atoms with Gasteiger partial charge in [-0.2, -0.15) is 4.31 Å². The highest BCUT2D eigenvalue weighted by Crippen LogP contribution is 2.19. The van der Waals surface area contributed by atoms with Gasteiger partial charge in [0.2, 0.25) is 10.0 Å². The molecule has 0 fully saturated rings. The van der Waals surface area contributed by atoms with Gasteiger partial charge in [-0.3, -0.25) is 4.79 Å². The van der Waals surface area contributed by atoms with Crippen molar-refractivity contribution in [3.8, 4) is 0 Å². The minimum absolute atomic E-state index is 0.0935. The summed E-state index contributed by atoms with van der Waals surface area (Å²) in [6, 6.07) is 15.7. The lowest BCUT2D eigenvalue weighted by Crippen LogP contribution is -2.30. The summed E-state index contributed by atoms with van der Waals surface area (Å²) >= 11 is 0. The number of hydrogen-bond donors (Lipinski definition) is 0. The highest BCUT2D eigenvalue weighted by Gasteiger charge is 2.23. The van der Waals surface area contributed by atoms with E-state index < -0.39 is 10.0 Å². The normalized spacial score (nSPS) is 11.6. The molecule has 0 N–H and O–H groups in total. The Morgan fingerprint density at radius 1 is 0.963 bits per heavy atom. The summed E-state index contributed by atoms with van der Waals surface area (Å²) in [5, 5.41) is 0. The first kappa shape index (κ1) is 21.1. The third-order valence-corrected chi connectivity index (χ3v) is 6.42. The lowest BCUT2D eigenvalue weighted by molar-refractivity contribution is 0.0793. The summed E-state index contributed by atoms with van der Waals surface area (Å²) in [5.74, 6) is -0.0935. The Bertz CT molecular complexity index is 833. The molecule has 0 radical (unpaired) electrons. The maximum atomic E-state index is 13.0. The lowest BCUT2D eigenvalue weighted by Gasteiger charge is -2.21. The van der Waals surface area contributed by atoms with E-state index in [0.717, 1.165) is 18.4 Å². The molecule has 2 aromatic carbocycles. The largest absolute Gasteiger partial charge is 0.342 e. The van der Waals surface area contributed by atoms with Crippen LogP contribution in [0.15, 0.2) is 59.5 Å². The molecule has 0 spiro atoms. The average Bonchev–Trinajstić information content (AvgIpc) is 2.70. The van der Waals surface area contributed by atoms with Crippen molar-refractivity contribution in [2.24, 2.45) is 0 Å². The molecule has 0 aliphatic carbocycles. The molecule has 6 heteroatoms. The molecule has 0 atom stereocenters. The van der Waals surface area contributed by atoms with Crippen molar-refractivity contribution >= 4 is 15.9 Å². The average molecular weight is 389 g/mol. The highest BCUT2D eigenvalue weighted by atomic mass is 32.2. The summed E-state index contributed by atoms with van der Waals surface area (Å²) < 4.78 is 27.3. The van der Waals surface area contributed by atoms with Gasteiger partial charge in [0.15, 0.2) is 0 Å². The summed E-state index contributed by atoms with van der Waals surface area (Å²) in [6.45, 7) is 5.28. The molecule has 0 saturated carbocycles. The molecule has 1 amide bonds. The summed E-state index contributed by atoms with van der Waals surface area (Å²) in [6.07, 6.45) is 1.96. The minimum Gasteiger partial charge on any atom is -0.342 e. The Morgan fingerprint density at radius 2 is 1.59 bits per heavy atom. The van der Waals surface area contributed by atoms with E-state index in [9.17, 15) is 13.2 Å². The quantitative estimate of drug-likeness (QED) is 0.657. The standard InChI is InChI=1S/C21H28N2O3S/c1-4-6-16-22(3)21(24)19-12-14-20(15-13-19)27(25,26)23(5-2)17-18-10-8-7-9-11-18/h7-15H,4-6,16-17H2,1-3H3. The van der Waals surface area contributed by atoms with Crippen molar-refractivity contribution in [3.05, 3.63) is 65.7 Å². The van der Waals surface area contributed by atoms with Crippen LogP contribution in [0, 0.1) is 0 Å². The van der Waals surface area contributed by atoms with Gasteiger partial charge in [-0.25, -0.2) is 8.42 Å². The summed E-state index contributed by atoms with van der Waals surface area (Å²) in [5.41, 5.74) is 1.44. The van der Waals surface area contributed by atoms with Gasteiger partial charge in [0.05, 0.1) is 4.90 Å². The zero-order chi connectivity index (χ0) is 19.9. The second-order valence-corrected chi connectivity index (χ2v) is 8.46. The molecule has 146 valence electrons. The van der Waals surface area contributed by atoms with Gasteiger partial charge in [-0.15, -0.1) is 0 Å². The van der Waals surface area contributed by atoms with E-state index in [2.05, 4.69) is 6.92 Å². The number of carbonyl (C=O) groups is 1. The number of unbranched alkanes of at least 4 members (excludes halogenated alkanes) is 1. The summed E-state index contributed by atoms with van der Waals surface area (Å²) in [7, 11) is -1.85. The van der Waals surface area contributed by atoms with Gasteiger partial charge < -0.3 is 4.90 Å². The third-order valence-electron chi connectivity index (χ3n) is 4.49. The molecular formula is C21H28N2O3S. The van der Waals surface area contributed by atoms with Crippen LogP contribution in [-0.2, 0) is 16.6 Å². The summed E-state index contributed by atoms with van der Waals surface area (Å²) in [4.78, 5) is 14.3. The Hall–Kier alpha value is -2.18. The molecule has 5 nitrogen and oxygen atoms in total. The minimum atomic E-state index is -3.62. The Morgan fingerprint density at radius 3 is 2.15 bits per heavy atom. The molecule has 0 aliphatic heterocycles. The van der Waals surface area contributed by atoms with Crippen molar-refractivity contribution in [1.29, 1.82) is 0 Å². The van der Waals surface area contributed by atoms with E-state index >= 15 is 0 Å². The molecule has 0 aliphatic rings. The Labute approximate surface area is 162 Å². The van der Waals surface area contributed by atoms with Crippen LogP contribution < -0.4 is 0 Å². The van der Waals surface area contributed by atoms with E-state index in [4.69, 9.17) is 0 Å². The molecule has 0 bridgehead atoms. The Kier molecular flexibility index (Phi) is 7.56. The second-order valence-electron chi connectivity index (χ2n) is 6.52. The van der Waals surface area contributed by atoms with Gasteiger partial charge in [-0.05, 0) is 36.2 Å². The fraction of sp³-hybridized carbons (Fsp3) is 0.381. The third kappa shape index (κ3) is 5.40. The highest BCUT2D eigenvalue weighted by molar-refractivity contribution is 7.89. The van der Waals surface area contributed by atoms with Gasteiger partial charge in [0, 0.05) is 32.2 Å². The zero-order valence-corrected chi connectivity index (χ0v) is 17.1. The zero-order valence-electron chi connectivity index (χ0n) is 16.3. The molecule has 27 heavy (non-hydrogen) atoms. The van der Waals surface area contributed by atoms with E-state index in [-0.39, 0.29) is 10.8 Å². The van der Waals surface area contributed by atoms with Crippen LogP contribution in [0.4, 0.5) is 0 Å². The number of amides is 1. The molecule has 0 unspecified atom stereocenters. The van der Waals surface area contributed by atoms with Gasteiger partial charge in [0.25, 0.3) is 5.91 Å². The molecule has 2 aromatic rings. The van der Waals surface area contributed by atoms with Crippen LogP contribution in [-0.4, -0.2) is 43.7 Å². The van der Waals surface area contributed by atoms with Crippen LogP contribution in [0.2, 0.25) is 0 Å². The fourth-order valence-corrected chi connectivity index (χ4v) is 4.23. The molecule has 0 aromatic heterocycles. The maximum absolute atomic E-state index is 13.0. The van der Waals surface area contributed by atoms with Crippen LogP contribution in [0.3, 0.4) is 0 Å². The van der Waals surface area contributed by atoms with Crippen LogP contribution in [0.25, 0.3) is 0 Å². The number of benzene rings is 2. The number of nitrogens with zero attached hydrogens (tertiary/aromatic N) is 2. The molecular weight excluding hydrogens is 360 g/mol. The van der Waals surface area contributed by atoms with Crippen LogP contribution in [0.1, 0.15) is 42.6 Å². The first-order valence-electron chi connectivity index (χ1n) is 9.29. The Balaban J connectivity index is 2.17. The molecule has 2 rings (SSSR count). The van der Waals surface area contributed by atoms with E-state index in [1.54, 1.807) is 24.1 Å². The van der Waals surface area contributed by atoms with Crippen LogP contribution >= 0.6 is 0 Å². The smallest absolute Gasteiger partial charge is 0.253 e. The number of sulfonamides is 1.